The van der Waals surface area contributed by atoms with Crippen molar-refractivity contribution in [2.45, 2.75) is 64.7 Å². The number of benzene rings is 3. The smallest absolute Gasteiger partial charge is 0.161 e. The highest BCUT2D eigenvalue weighted by atomic mass is 35.6. The van der Waals surface area contributed by atoms with Crippen molar-refractivity contribution in [3.05, 3.63) is 48.5 Å². The molecule has 0 heterocycles. The number of halogens is 2. The van der Waals surface area contributed by atoms with Crippen molar-refractivity contribution in [2.24, 2.45) is 0 Å². The Balaban J connectivity index is 2.40. The predicted molar refractivity (Wildman–Crippen MR) is 135 cm³/mol. The van der Waals surface area contributed by atoms with Crippen molar-refractivity contribution in [1.29, 1.82) is 0 Å². The molecule has 0 aromatic heterocycles. The summed E-state index contributed by atoms with van der Waals surface area (Å²) in [4.78, 5) is 0. The molecule has 150 valence electrons. The third kappa shape index (κ3) is 4.21. The second kappa shape index (κ2) is 8.91. The van der Waals surface area contributed by atoms with Crippen LogP contribution in [-0.2, 0) is 0 Å². The Kier molecular flexibility index (Phi) is 6.97. The molecule has 2 atom stereocenters. The highest BCUT2D eigenvalue weighted by molar-refractivity contribution is 7.29. The molecule has 3 aromatic carbocycles. The fraction of sp³-hybridized carbons (Fsp3) is 0.417. The minimum absolute atomic E-state index is 1.11. The van der Waals surface area contributed by atoms with Crippen molar-refractivity contribution >= 4 is 68.8 Å². The van der Waals surface area contributed by atoms with Gasteiger partial charge in [-0.05, 0) is 44.0 Å². The molecule has 0 aliphatic rings. The van der Waals surface area contributed by atoms with Gasteiger partial charge < -0.3 is 0 Å². The number of fused-ring (bicyclic) bond motifs is 2. The molecule has 0 N–H and O–H groups in total. The Labute approximate surface area is 181 Å². The van der Waals surface area contributed by atoms with E-state index < -0.39 is 14.8 Å². The van der Waals surface area contributed by atoms with E-state index in [1.165, 1.54) is 57.6 Å². The largest absolute Gasteiger partial charge is 0.185 e. The summed E-state index contributed by atoms with van der Waals surface area (Å²) in [5.74, 6) is 0. The summed E-state index contributed by atoms with van der Waals surface area (Å²) >= 11 is 14.7. The molecule has 0 saturated heterocycles. The van der Waals surface area contributed by atoms with Gasteiger partial charge in [-0.25, -0.2) is 0 Å². The summed E-state index contributed by atoms with van der Waals surface area (Å²) in [5.41, 5.74) is 0. The highest BCUT2D eigenvalue weighted by Crippen LogP contribution is 2.32. The minimum Gasteiger partial charge on any atom is -0.161 e. The van der Waals surface area contributed by atoms with E-state index in [9.17, 15) is 0 Å². The summed E-state index contributed by atoms with van der Waals surface area (Å²) in [6.45, 7) is 9.15. The van der Waals surface area contributed by atoms with Gasteiger partial charge in [-0.3, -0.25) is 0 Å². The average Bonchev–Trinajstić information content (AvgIpc) is 2.68. The Hall–Kier alpha value is -0.806. The van der Waals surface area contributed by atoms with Gasteiger partial charge in [-0.2, -0.15) is 22.2 Å². The van der Waals surface area contributed by atoms with Gasteiger partial charge in [-0.1, -0.05) is 101 Å². The molecular weight excluding hydrogens is 415 g/mol. The molecule has 0 radical (unpaired) electrons. The summed E-state index contributed by atoms with van der Waals surface area (Å²) < 4.78 is 0. The van der Waals surface area contributed by atoms with Gasteiger partial charge in [0.05, 0.1) is 0 Å². The van der Waals surface area contributed by atoms with E-state index >= 15 is 0 Å². The Morgan fingerprint density at radius 1 is 0.607 bits per heavy atom. The lowest BCUT2D eigenvalue weighted by atomic mass is 10.0. The first-order valence-electron chi connectivity index (χ1n) is 10.7. The highest BCUT2D eigenvalue weighted by Gasteiger charge is 2.35. The van der Waals surface area contributed by atoms with Crippen LogP contribution in [0.5, 0.6) is 0 Å². The first kappa shape index (κ1) is 21.9. The third-order valence-electron chi connectivity index (χ3n) is 5.97. The molecule has 0 aliphatic heterocycles. The summed E-state index contributed by atoms with van der Waals surface area (Å²) in [7, 11) is -4.18. The van der Waals surface area contributed by atoms with Gasteiger partial charge in [-0.15, -0.1) is 0 Å². The van der Waals surface area contributed by atoms with Crippen molar-refractivity contribution in [3.63, 3.8) is 0 Å². The molecule has 0 saturated carbocycles. The molecule has 0 aliphatic carbocycles. The van der Waals surface area contributed by atoms with Gasteiger partial charge in [0.25, 0.3) is 0 Å². The van der Waals surface area contributed by atoms with Crippen LogP contribution in [0.15, 0.2) is 48.5 Å². The van der Waals surface area contributed by atoms with Crippen LogP contribution in [0.4, 0.5) is 0 Å². The Morgan fingerprint density at radius 2 is 0.893 bits per heavy atom. The van der Waals surface area contributed by atoms with Gasteiger partial charge in [0.1, 0.15) is 0 Å². The summed E-state index contributed by atoms with van der Waals surface area (Å²) in [6.07, 6.45) is 4.75. The average molecular weight is 448 g/mol. The molecule has 4 heteroatoms. The normalized spacial score (nSPS) is 16.2. The van der Waals surface area contributed by atoms with E-state index in [1.807, 2.05) is 0 Å². The molecule has 0 fully saturated rings. The minimum atomic E-state index is -2.09. The lowest BCUT2D eigenvalue weighted by Gasteiger charge is -2.29. The molecule has 28 heavy (non-hydrogen) atoms. The number of rotatable bonds is 8. The quantitative estimate of drug-likeness (QED) is 0.189. The lowest BCUT2D eigenvalue weighted by Crippen LogP contribution is -2.45. The Morgan fingerprint density at radius 3 is 1.14 bits per heavy atom. The Bertz CT molecular complexity index is 828. The first-order chi connectivity index (χ1) is 13.3. The number of hydrogen-bond donors (Lipinski definition) is 0. The molecule has 3 aromatic rings. The second-order valence-electron chi connectivity index (χ2n) is 8.44. The van der Waals surface area contributed by atoms with Crippen molar-refractivity contribution in [3.8, 4) is 0 Å². The van der Waals surface area contributed by atoms with Gasteiger partial charge in [0.15, 0.2) is 14.8 Å². The van der Waals surface area contributed by atoms with Crippen LogP contribution in [-0.4, -0.2) is 14.8 Å². The zero-order chi connectivity index (χ0) is 20.4. The molecule has 2 unspecified atom stereocenters. The van der Waals surface area contributed by atoms with Crippen LogP contribution >= 0.6 is 22.2 Å². The molecular formula is C24H32Cl2Si2. The van der Waals surface area contributed by atoms with E-state index in [0.29, 0.717) is 0 Å². The maximum absolute atomic E-state index is 7.37. The molecule has 3 rings (SSSR count). The summed E-state index contributed by atoms with van der Waals surface area (Å²) in [5, 5.41) is 8.18. The fourth-order valence-corrected chi connectivity index (χ4v) is 12.2. The molecule has 0 nitrogen and oxygen atoms in total. The summed E-state index contributed by atoms with van der Waals surface area (Å²) in [6, 6.07) is 20.0. The van der Waals surface area contributed by atoms with Crippen molar-refractivity contribution in [2.75, 3.05) is 0 Å². The van der Waals surface area contributed by atoms with E-state index in [1.54, 1.807) is 0 Å². The van der Waals surface area contributed by atoms with Crippen LogP contribution < -0.4 is 10.4 Å². The lowest BCUT2D eigenvalue weighted by molar-refractivity contribution is 0.875. The predicted octanol–water partition coefficient (Wildman–Crippen LogP) is 7.64. The van der Waals surface area contributed by atoms with Gasteiger partial charge in [0.2, 0.25) is 0 Å². The van der Waals surface area contributed by atoms with Crippen LogP contribution in [0.1, 0.15) is 39.5 Å². The van der Waals surface area contributed by atoms with E-state index in [4.69, 9.17) is 22.2 Å². The molecule has 0 amide bonds. The van der Waals surface area contributed by atoms with E-state index in [2.05, 4.69) is 75.5 Å². The van der Waals surface area contributed by atoms with Gasteiger partial charge >= 0.3 is 0 Å². The van der Waals surface area contributed by atoms with Crippen molar-refractivity contribution < 1.29 is 0 Å². The standard InChI is InChI=1S/C24H32Cl2Si2/c1-5-7-17-27(3,25)23-19-13-9-11-15-21(19)24(28(4,26)18-8-6-2)22-16-12-10-14-20(22)23/h9-16H,5-8,17-18H2,1-4H3. The maximum Gasteiger partial charge on any atom is 0.185 e. The number of unbranched alkanes of at least 4 members (excludes halogenated alkanes) is 2. The topological polar surface area (TPSA) is 0 Å². The maximum atomic E-state index is 7.37. The zero-order valence-corrected chi connectivity index (χ0v) is 21.1. The third-order valence-corrected chi connectivity index (χ3v) is 14.0. The van der Waals surface area contributed by atoms with Crippen LogP contribution in [0.3, 0.4) is 0 Å². The van der Waals surface area contributed by atoms with Gasteiger partial charge in [0, 0.05) is 0 Å². The number of hydrogen-bond acceptors (Lipinski definition) is 0. The van der Waals surface area contributed by atoms with Crippen LogP contribution in [0.25, 0.3) is 21.5 Å². The second-order valence-corrected chi connectivity index (χ2v) is 20.2. The fourth-order valence-electron chi connectivity index (χ4n) is 4.52. The monoisotopic (exact) mass is 446 g/mol. The van der Waals surface area contributed by atoms with Crippen LogP contribution in [0.2, 0.25) is 25.2 Å². The zero-order valence-electron chi connectivity index (χ0n) is 17.6. The van der Waals surface area contributed by atoms with E-state index in [0.717, 1.165) is 12.1 Å². The molecule has 0 spiro atoms. The first-order valence-corrected chi connectivity index (χ1v) is 18.1. The van der Waals surface area contributed by atoms with E-state index in [-0.39, 0.29) is 0 Å². The SMILES string of the molecule is CCCC[Si](C)(Cl)c1c2ccccc2c([Si](C)(Cl)CCCC)c2ccccc12. The van der Waals surface area contributed by atoms with Crippen molar-refractivity contribution in [1.82, 2.24) is 0 Å². The molecule has 0 bridgehead atoms. The van der Waals surface area contributed by atoms with Crippen LogP contribution in [0, 0.1) is 0 Å².